The van der Waals surface area contributed by atoms with Gasteiger partial charge >= 0.3 is 0 Å². The summed E-state index contributed by atoms with van der Waals surface area (Å²) in [7, 11) is 0. The highest BCUT2D eigenvalue weighted by atomic mass is 15.0. The predicted molar refractivity (Wildman–Crippen MR) is 237 cm³/mol. The summed E-state index contributed by atoms with van der Waals surface area (Å²) in [4.78, 5) is 0. The molecule has 0 aliphatic rings. The first-order valence-corrected chi connectivity index (χ1v) is 19.3. The molecule has 2 heteroatoms. The Morgan fingerprint density at radius 3 is 1.38 bits per heavy atom. The summed E-state index contributed by atoms with van der Waals surface area (Å²) in [6.45, 7) is 0. The summed E-state index contributed by atoms with van der Waals surface area (Å²) in [6, 6.07) is 79.5. The third-order valence-corrected chi connectivity index (χ3v) is 11.3. The SMILES string of the molecule is c1ccc(-c2cc(-c3ccccc3)cc(-c3cccc(-c4cccc5c6ccccc6n(-c6ccc7c(c6)c6ccccc6n7-c6ccccc6)c45)c3)c2)cc1. The molecular weight excluding hydrogens is 677 g/mol. The summed E-state index contributed by atoms with van der Waals surface area (Å²) in [6.07, 6.45) is 0. The molecule has 56 heavy (non-hydrogen) atoms. The third kappa shape index (κ3) is 5.26. The summed E-state index contributed by atoms with van der Waals surface area (Å²) in [5.41, 5.74) is 16.7. The maximum Gasteiger partial charge on any atom is 0.0619 e. The second-order valence-electron chi connectivity index (χ2n) is 14.6. The standard InChI is InChI=1S/C54H36N2/c1-4-16-37(17-5-1)41-33-42(38-18-6-2-7-19-38)35-43(34-41)39-20-14-21-40(32-39)46-26-15-27-49-47-24-10-13-29-52(47)56(54(46)49)45-30-31-53-50(36-45)48-25-11-12-28-51(48)55(53)44-22-8-3-9-23-44/h1-36H. The van der Waals surface area contributed by atoms with Crippen LogP contribution in [-0.4, -0.2) is 9.13 Å². The van der Waals surface area contributed by atoms with Crippen LogP contribution in [0.15, 0.2) is 218 Å². The number of nitrogens with zero attached hydrogens (tertiary/aromatic N) is 2. The Balaban J connectivity index is 1.12. The predicted octanol–water partition coefficient (Wildman–Crippen LogP) is 14.5. The Kier molecular flexibility index (Phi) is 7.53. The minimum Gasteiger partial charge on any atom is -0.309 e. The normalized spacial score (nSPS) is 11.6. The quantitative estimate of drug-likeness (QED) is 0.162. The molecule has 0 atom stereocenters. The number of hydrogen-bond donors (Lipinski definition) is 0. The molecule has 2 aromatic heterocycles. The summed E-state index contributed by atoms with van der Waals surface area (Å²) in [5.74, 6) is 0. The molecule has 0 radical (unpaired) electrons. The second kappa shape index (κ2) is 13.2. The largest absolute Gasteiger partial charge is 0.309 e. The van der Waals surface area contributed by atoms with Gasteiger partial charge in [-0.1, -0.05) is 152 Å². The maximum atomic E-state index is 2.48. The topological polar surface area (TPSA) is 9.86 Å². The lowest BCUT2D eigenvalue weighted by Crippen LogP contribution is -1.97. The van der Waals surface area contributed by atoms with Gasteiger partial charge in [0.1, 0.15) is 0 Å². The van der Waals surface area contributed by atoms with Crippen LogP contribution >= 0.6 is 0 Å². The van der Waals surface area contributed by atoms with Crippen molar-refractivity contribution in [3.05, 3.63) is 218 Å². The Labute approximate surface area is 325 Å². The minimum absolute atomic E-state index is 1.14. The van der Waals surface area contributed by atoms with Crippen molar-refractivity contribution < 1.29 is 0 Å². The molecule has 0 aliphatic carbocycles. The summed E-state index contributed by atoms with van der Waals surface area (Å²) < 4.78 is 4.86. The smallest absolute Gasteiger partial charge is 0.0619 e. The fourth-order valence-corrected chi connectivity index (χ4v) is 8.73. The molecule has 262 valence electrons. The van der Waals surface area contributed by atoms with Crippen molar-refractivity contribution in [2.75, 3.05) is 0 Å². The van der Waals surface area contributed by atoms with Gasteiger partial charge in [-0.2, -0.15) is 0 Å². The lowest BCUT2D eigenvalue weighted by molar-refractivity contribution is 1.17. The average Bonchev–Trinajstić information content (AvgIpc) is 3.80. The van der Waals surface area contributed by atoms with Crippen molar-refractivity contribution in [2.24, 2.45) is 0 Å². The third-order valence-electron chi connectivity index (χ3n) is 11.3. The van der Waals surface area contributed by atoms with E-state index in [1.165, 1.54) is 88.1 Å². The molecule has 0 bridgehead atoms. The van der Waals surface area contributed by atoms with Gasteiger partial charge in [0.05, 0.1) is 22.1 Å². The van der Waals surface area contributed by atoms with Crippen LogP contribution in [0.4, 0.5) is 0 Å². The Morgan fingerprint density at radius 2 is 0.696 bits per heavy atom. The molecule has 2 nitrogen and oxygen atoms in total. The van der Waals surface area contributed by atoms with Crippen LogP contribution in [0.25, 0.3) is 99.5 Å². The van der Waals surface area contributed by atoms with Gasteiger partial charge in [0, 0.05) is 38.5 Å². The molecule has 0 aliphatic heterocycles. The molecule has 0 saturated heterocycles. The molecule has 0 N–H and O–H groups in total. The Bertz CT molecular complexity index is 3170. The zero-order valence-electron chi connectivity index (χ0n) is 30.7. The minimum atomic E-state index is 1.14. The molecule has 0 fully saturated rings. The van der Waals surface area contributed by atoms with Crippen molar-refractivity contribution in [2.45, 2.75) is 0 Å². The summed E-state index contributed by atoms with van der Waals surface area (Å²) >= 11 is 0. The van der Waals surface area contributed by atoms with Crippen molar-refractivity contribution in [3.63, 3.8) is 0 Å². The number of rotatable bonds is 6. The summed E-state index contributed by atoms with van der Waals surface area (Å²) in [5, 5.41) is 4.97. The van der Waals surface area contributed by atoms with Crippen LogP contribution in [0.3, 0.4) is 0 Å². The Morgan fingerprint density at radius 1 is 0.232 bits per heavy atom. The van der Waals surface area contributed by atoms with Crippen LogP contribution in [0.5, 0.6) is 0 Å². The van der Waals surface area contributed by atoms with Gasteiger partial charge < -0.3 is 9.13 Å². The van der Waals surface area contributed by atoms with Crippen LogP contribution < -0.4 is 0 Å². The van der Waals surface area contributed by atoms with E-state index in [-0.39, 0.29) is 0 Å². The van der Waals surface area contributed by atoms with Crippen molar-refractivity contribution in [3.8, 4) is 55.9 Å². The highest BCUT2D eigenvalue weighted by Gasteiger charge is 2.19. The lowest BCUT2D eigenvalue weighted by atomic mass is 9.92. The first kappa shape index (κ1) is 32.0. The molecule has 11 aromatic rings. The highest BCUT2D eigenvalue weighted by molar-refractivity contribution is 6.15. The fourth-order valence-electron chi connectivity index (χ4n) is 8.73. The molecule has 0 spiro atoms. The van der Waals surface area contributed by atoms with Crippen LogP contribution in [0.1, 0.15) is 0 Å². The number of fused-ring (bicyclic) bond motifs is 6. The molecule has 2 heterocycles. The van der Waals surface area contributed by atoms with E-state index in [4.69, 9.17) is 0 Å². The molecular formula is C54H36N2. The molecule has 9 aromatic carbocycles. The average molecular weight is 713 g/mol. The Hall–Kier alpha value is -7.42. The van der Waals surface area contributed by atoms with Crippen molar-refractivity contribution in [1.29, 1.82) is 0 Å². The van der Waals surface area contributed by atoms with E-state index >= 15 is 0 Å². The first-order valence-electron chi connectivity index (χ1n) is 19.3. The number of benzene rings is 9. The highest BCUT2D eigenvalue weighted by Crippen LogP contribution is 2.41. The number of aromatic nitrogens is 2. The van der Waals surface area contributed by atoms with Gasteiger partial charge in [-0.3, -0.25) is 0 Å². The molecule has 0 amide bonds. The maximum absolute atomic E-state index is 2.48. The van der Waals surface area contributed by atoms with E-state index < -0.39 is 0 Å². The number of para-hydroxylation sites is 4. The van der Waals surface area contributed by atoms with Gasteiger partial charge in [0.15, 0.2) is 0 Å². The second-order valence-corrected chi connectivity index (χ2v) is 14.6. The number of hydrogen-bond acceptors (Lipinski definition) is 0. The lowest BCUT2D eigenvalue weighted by Gasteiger charge is -2.14. The molecule has 11 rings (SSSR count). The van der Waals surface area contributed by atoms with E-state index in [9.17, 15) is 0 Å². The zero-order valence-corrected chi connectivity index (χ0v) is 30.7. The fraction of sp³-hybridized carbons (Fsp3) is 0. The van der Waals surface area contributed by atoms with Crippen LogP contribution in [0, 0.1) is 0 Å². The van der Waals surface area contributed by atoms with Crippen molar-refractivity contribution >= 4 is 43.6 Å². The zero-order chi connectivity index (χ0) is 37.0. The molecule has 0 saturated carbocycles. The van der Waals surface area contributed by atoms with E-state index in [0.717, 1.165) is 11.4 Å². The van der Waals surface area contributed by atoms with E-state index in [0.29, 0.717) is 0 Å². The van der Waals surface area contributed by atoms with Gasteiger partial charge in [-0.15, -0.1) is 0 Å². The first-order chi connectivity index (χ1) is 27.8. The molecule has 0 unspecified atom stereocenters. The van der Waals surface area contributed by atoms with Gasteiger partial charge in [0.2, 0.25) is 0 Å². The van der Waals surface area contributed by atoms with E-state index in [1.807, 2.05) is 0 Å². The van der Waals surface area contributed by atoms with Gasteiger partial charge in [-0.25, -0.2) is 0 Å². The van der Waals surface area contributed by atoms with Crippen molar-refractivity contribution in [1.82, 2.24) is 9.13 Å². The van der Waals surface area contributed by atoms with Gasteiger partial charge in [-0.05, 0) is 106 Å². The monoisotopic (exact) mass is 712 g/mol. The van der Waals surface area contributed by atoms with Gasteiger partial charge in [0.25, 0.3) is 0 Å². The van der Waals surface area contributed by atoms with E-state index in [2.05, 4.69) is 228 Å². The van der Waals surface area contributed by atoms with Crippen LogP contribution in [-0.2, 0) is 0 Å². The van der Waals surface area contributed by atoms with Crippen LogP contribution in [0.2, 0.25) is 0 Å². The van der Waals surface area contributed by atoms with E-state index in [1.54, 1.807) is 0 Å².